The second kappa shape index (κ2) is 8.73. The van der Waals surface area contributed by atoms with E-state index in [-0.39, 0.29) is 24.3 Å². The van der Waals surface area contributed by atoms with E-state index in [1.165, 1.54) is 4.90 Å². The van der Waals surface area contributed by atoms with E-state index < -0.39 is 0 Å². The molecule has 0 spiro atoms. The van der Waals surface area contributed by atoms with Crippen LogP contribution in [0.15, 0.2) is 18.2 Å². The molecule has 2 atom stereocenters. The Hall–Kier alpha value is -1.79. The summed E-state index contributed by atoms with van der Waals surface area (Å²) in [6.07, 6.45) is 2.10. The van der Waals surface area contributed by atoms with E-state index in [0.717, 1.165) is 44.6 Å². The normalized spacial score (nSPS) is 22.0. The lowest BCUT2D eigenvalue weighted by Gasteiger charge is -2.23. The van der Waals surface area contributed by atoms with Gasteiger partial charge in [-0.15, -0.1) is 12.4 Å². The lowest BCUT2D eigenvalue weighted by molar-refractivity contribution is 0.0759. The number of rotatable bonds is 2. The molecule has 0 unspecified atom stereocenters. The molecule has 1 aromatic rings. The van der Waals surface area contributed by atoms with Crippen LogP contribution >= 0.6 is 12.4 Å². The van der Waals surface area contributed by atoms with E-state index in [4.69, 9.17) is 0 Å². The molecule has 3 rings (SSSR count). The standard InChI is InChI=1S/C19H28N4O2.ClH/c1-13-4-5-17(21-19(25)22(2)3)16(10-13)18(24)23-8-6-14-11-20-12-15(14)7-9-23;/h4-5,10,14-15,20H,6-9,11-12H2,1-3H3,(H,21,25);1H/t14-,15+;. The molecule has 0 saturated carbocycles. The van der Waals surface area contributed by atoms with Crippen LogP contribution in [0.3, 0.4) is 0 Å². The van der Waals surface area contributed by atoms with Crippen LogP contribution in [0.2, 0.25) is 0 Å². The van der Waals surface area contributed by atoms with Gasteiger partial charge in [-0.25, -0.2) is 4.79 Å². The maximum absolute atomic E-state index is 13.1. The van der Waals surface area contributed by atoms with Gasteiger partial charge in [0.05, 0.1) is 11.3 Å². The number of benzene rings is 1. The molecule has 2 heterocycles. The van der Waals surface area contributed by atoms with E-state index in [1.54, 1.807) is 14.1 Å². The van der Waals surface area contributed by atoms with Gasteiger partial charge in [-0.05, 0) is 56.8 Å². The average Bonchev–Trinajstić information content (AvgIpc) is 2.94. The largest absolute Gasteiger partial charge is 0.339 e. The molecule has 7 heteroatoms. The van der Waals surface area contributed by atoms with Crippen molar-refractivity contribution in [2.75, 3.05) is 45.6 Å². The molecule has 0 radical (unpaired) electrons. The van der Waals surface area contributed by atoms with Crippen LogP contribution in [0.5, 0.6) is 0 Å². The van der Waals surface area contributed by atoms with Crippen molar-refractivity contribution in [3.8, 4) is 0 Å². The number of carbonyl (C=O) groups excluding carboxylic acids is 2. The predicted octanol–water partition coefficient (Wildman–Crippen LogP) is 2.58. The number of carbonyl (C=O) groups is 2. The number of amides is 3. The van der Waals surface area contributed by atoms with Gasteiger partial charge < -0.3 is 20.4 Å². The van der Waals surface area contributed by atoms with Crippen molar-refractivity contribution in [2.24, 2.45) is 11.8 Å². The summed E-state index contributed by atoms with van der Waals surface area (Å²) < 4.78 is 0. The van der Waals surface area contributed by atoms with Gasteiger partial charge in [-0.3, -0.25) is 4.79 Å². The minimum Gasteiger partial charge on any atom is -0.339 e. The summed E-state index contributed by atoms with van der Waals surface area (Å²) in [7, 11) is 3.37. The van der Waals surface area contributed by atoms with Crippen molar-refractivity contribution >= 4 is 30.0 Å². The lowest BCUT2D eigenvalue weighted by Crippen LogP contribution is -2.34. The number of halogens is 1. The Balaban J connectivity index is 0.00000243. The summed E-state index contributed by atoms with van der Waals surface area (Å²) in [6.45, 7) is 5.68. The van der Waals surface area contributed by atoms with Gasteiger partial charge in [0, 0.05) is 27.2 Å². The van der Waals surface area contributed by atoms with Gasteiger partial charge in [0.15, 0.2) is 0 Å². The van der Waals surface area contributed by atoms with Gasteiger partial charge in [-0.1, -0.05) is 11.6 Å². The topological polar surface area (TPSA) is 64.7 Å². The molecule has 6 nitrogen and oxygen atoms in total. The van der Waals surface area contributed by atoms with Gasteiger partial charge in [-0.2, -0.15) is 0 Å². The zero-order valence-corrected chi connectivity index (χ0v) is 16.6. The fraction of sp³-hybridized carbons (Fsp3) is 0.579. The summed E-state index contributed by atoms with van der Waals surface area (Å²) >= 11 is 0. The van der Waals surface area contributed by atoms with Crippen LogP contribution in [0.1, 0.15) is 28.8 Å². The molecule has 2 aliphatic rings. The van der Waals surface area contributed by atoms with Gasteiger partial charge in [0.2, 0.25) is 0 Å². The highest BCUT2D eigenvalue weighted by Gasteiger charge is 2.32. The van der Waals surface area contributed by atoms with E-state index in [0.29, 0.717) is 23.1 Å². The van der Waals surface area contributed by atoms with Crippen LogP contribution in [0.25, 0.3) is 0 Å². The van der Waals surface area contributed by atoms with Crippen molar-refractivity contribution in [1.29, 1.82) is 0 Å². The fourth-order valence-corrected chi connectivity index (χ4v) is 3.76. The molecule has 1 aromatic carbocycles. The second-order valence-corrected chi connectivity index (χ2v) is 7.42. The van der Waals surface area contributed by atoms with Crippen LogP contribution < -0.4 is 10.6 Å². The quantitative estimate of drug-likeness (QED) is 0.828. The summed E-state index contributed by atoms with van der Waals surface area (Å²) in [5, 5.41) is 6.30. The third kappa shape index (κ3) is 4.48. The highest BCUT2D eigenvalue weighted by molar-refractivity contribution is 6.03. The Morgan fingerprint density at radius 3 is 2.35 bits per heavy atom. The Morgan fingerprint density at radius 2 is 1.77 bits per heavy atom. The number of aryl methyl sites for hydroxylation is 1. The Labute approximate surface area is 161 Å². The molecule has 0 aliphatic carbocycles. The Bertz CT molecular complexity index is 651. The van der Waals surface area contributed by atoms with Crippen molar-refractivity contribution < 1.29 is 9.59 Å². The second-order valence-electron chi connectivity index (χ2n) is 7.42. The first-order valence-electron chi connectivity index (χ1n) is 9.04. The zero-order chi connectivity index (χ0) is 18.0. The van der Waals surface area contributed by atoms with Crippen LogP contribution in [-0.2, 0) is 0 Å². The first kappa shape index (κ1) is 20.5. The van der Waals surface area contributed by atoms with E-state index >= 15 is 0 Å². The van der Waals surface area contributed by atoms with Crippen molar-refractivity contribution in [3.63, 3.8) is 0 Å². The van der Waals surface area contributed by atoms with Crippen molar-refractivity contribution in [2.45, 2.75) is 19.8 Å². The number of fused-ring (bicyclic) bond motifs is 1. The molecule has 2 aliphatic heterocycles. The van der Waals surface area contributed by atoms with E-state index in [1.807, 2.05) is 30.0 Å². The van der Waals surface area contributed by atoms with Crippen molar-refractivity contribution in [1.82, 2.24) is 15.1 Å². The highest BCUT2D eigenvalue weighted by atomic mass is 35.5. The number of nitrogens with one attached hydrogen (secondary N) is 2. The first-order chi connectivity index (χ1) is 12.0. The number of urea groups is 1. The number of hydrogen-bond acceptors (Lipinski definition) is 3. The molecule has 144 valence electrons. The highest BCUT2D eigenvalue weighted by Crippen LogP contribution is 2.28. The predicted molar refractivity (Wildman–Crippen MR) is 106 cm³/mol. The minimum absolute atomic E-state index is 0. The van der Waals surface area contributed by atoms with Crippen LogP contribution in [0, 0.1) is 18.8 Å². The first-order valence-corrected chi connectivity index (χ1v) is 9.04. The zero-order valence-electron chi connectivity index (χ0n) is 15.7. The van der Waals surface area contributed by atoms with Gasteiger partial charge >= 0.3 is 6.03 Å². The van der Waals surface area contributed by atoms with Crippen molar-refractivity contribution in [3.05, 3.63) is 29.3 Å². The van der Waals surface area contributed by atoms with Crippen LogP contribution in [-0.4, -0.2) is 62.0 Å². The summed E-state index contributed by atoms with van der Waals surface area (Å²) in [5.74, 6) is 1.39. The minimum atomic E-state index is -0.227. The molecule has 2 fully saturated rings. The molecule has 0 aromatic heterocycles. The van der Waals surface area contributed by atoms with E-state index in [9.17, 15) is 9.59 Å². The molecule has 3 amide bonds. The smallest absolute Gasteiger partial charge is 0.321 e. The maximum Gasteiger partial charge on any atom is 0.321 e. The number of likely N-dealkylation sites (tertiary alicyclic amines) is 1. The molecule has 2 N–H and O–H groups in total. The third-order valence-corrected chi connectivity index (χ3v) is 5.36. The summed E-state index contributed by atoms with van der Waals surface area (Å²) in [6, 6.07) is 5.39. The molecular formula is C19H29ClN4O2. The maximum atomic E-state index is 13.1. The number of nitrogens with zero attached hydrogens (tertiary/aromatic N) is 2. The molecule has 0 bridgehead atoms. The summed E-state index contributed by atoms with van der Waals surface area (Å²) in [5.41, 5.74) is 2.18. The lowest BCUT2D eigenvalue weighted by atomic mass is 9.92. The summed E-state index contributed by atoms with van der Waals surface area (Å²) in [4.78, 5) is 28.6. The third-order valence-electron chi connectivity index (χ3n) is 5.36. The number of hydrogen-bond donors (Lipinski definition) is 2. The molecule has 26 heavy (non-hydrogen) atoms. The van der Waals surface area contributed by atoms with E-state index in [2.05, 4.69) is 10.6 Å². The fourth-order valence-electron chi connectivity index (χ4n) is 3.76. The molecular weight excluding hydrogens is 352 g/mol. The van der Waals surface area contributed by atoms with Gasteiger partial charge in [0.1, 0.15) is 0 Å². The monoisotopic (exact) mass is 380 g/mol. The Kier molecular flexibility index (Phi) is 6.89. The Morgan fingerprint density at radius 1 is 1.15 bits per heavy atom. The van der Waals surface area contributed by atoms with Crippen LogP contribution in [0.4, 0.5) is 10.5 Å². The number of anilines is 1. The van der Waals surface area contributed by atoms with Gasteiger partial charge in [0.25, 0.3) is 5.91 Å². The average molecular weight is 381 g/mol. The molecule has 2 saturated heterocycles. The SMILES string of the molecule is Cc1ccc(NC(=O)N(C)C)c(C(=O)N2CC[C@@H]3CNC[C@@H]3CC2)c1.Cl.